The minimum atomic E-state index is -0.439. The van der Waals surface area contributed by atoms with Gasteiger partial charge in [0.25, 0.3) is 5.56 Å². The Balaban J connectivity index is 1.88. The van der Waals surface area contributed by atoms with E-state index < -0.39 is 5.92 Å². The minimum Gasteiger partial charge on any atom is -0.487 e. The Morgan fingerprint density at radius 2 is 2.04 bits per heavy atom. The van der Waals surface area contributed by atoms with Crippen LogP contribution in [0, 0.1) is 6.92 Å². The lowest BCUT2D eigenvalue weighted by Crippen LogP contribution is -2.17. The number of H-pyrrole nitrogens is 2. The first-order valence-corrected chi connectivity index (χ1v) is 8.55. The maximum atomic E-state index is 12.2. The van der Waals surface area contributed by atoms with E-state index in [1.54, 1.807) is 13.1 Å². The Bertz CT molecular complexity index is 963. The molecule has 0 fully saturated rings. The van der Waals surface area contributed by atoms with E-state index in [2.05, 4.69) is 15.2 Å². The smallest absolute Gasteiger partial charge is 0.306 e. The number of esters is 1. The number of hydrogen-bond donors (Lipinski definition) is 2. The van der Waals surface area contributed by atoms with Crippen molar-refractivity contribution in [2.75, 3.05) is 7.11 Å². The predicted octanol–water partition coefficient (Wildman–Crippen LogP) is 2.68. The summed E-state index contributed by atoms with van der Waals surface area (Å²) in [6.45, 7) is 2.12. The third-order valence-corrected chi connectivity index (χ3v) is 4.33. The molecule has 3 aromatic rings. The van der Waals surface area contributed by atoms with Crippen LogP contribution in [0.3, 0.4) is 0 Å². The normalized spacial score (nSPS) is 11.8. The fourth-order valence-corrected chi connectivity index (χ4v) is 2.97. The van der Waals surface area contributed by atoms with Crippen molar-refractivity contribution >= 4 is 5.97 Å². The van der Waals surface area contributed by atoms with Crippen LogP contribution in [0.1, 0.15) is 34.9 Å². The van der Waals surface area contributed by atoms with Gasteiger partial charge < -0.3 is 14.6 Å². The number of methoxy groups -OCH3 is 1. The molecule has 1 atom stereocenters. The van der Waals surface area contributed by atoms with E-state index in [1.807, 2.05) is 42.5 Å². The Kier molecular flexibility index (Phi) is 5.71. The Hall–Kier alpha value is -3.35. The lowest BCUT2D eigenvalue weighted by molar-refractivity contribution is -0.140. The van der Waals surface area contributed by atoms with E-state index in [9.17, 15) is 9.59 Å². The third-order valence-electron chi connectivity index (χ3n) is 4.33. The maximum Gasteiger partial charge on any atom is 0.306 e. The van der Waals surface area contributed by atoms with Crippen molar-refractivity contribution in [1.29, 1.82) is 0 Å². The zero-order chi connectivity index (χ0) is 19.2. The second kappa shape index (κ2) is 8.35. The van der Waals surface area contributed by atoms with E-state index in [0.717, 1.165) is 11.3 Å². The van der Waals surface area contributed by atoms with Gasteiger partial charge in [0.1, 0.15) is 12.4 Å². The number of aryl methyl sites for hydroxylation is 1. The Morgan fingerprint density at radius 1 is 1.19 bits per heavy atom. The Morgan fingerprint density at radius 3 is 2.70 bits per heavy atom. The maximum absolute atomic E-state index is 12.2. The fraction of sp³-hybridized carbons (Fsp3) is 0.250. The summed E-state index contributed by atoms with van der Waals surface area (Å²) >= 11 is 0. The van der Waals surface area contributed by atoms with Gasteiger partial charge in [-0.05, 0) is 36.8 Å². The minimum absolute atomic E-state index is 0.0575. The average molecular weight is 367 g/mol. The third kappa shape index (κ3) is 4.44. The van der Waals surface area contributed by atoms with Crippen molar-refractivity contribution in [1.82, 2.24) is 15.2 Å². The summed E-state index contributed by atoms with van der Waals surface area (Å²) in [5, 5.41) is 5.38. The van der Waals surface area contributed by atoms with Gasteiger partial charge in [0, 0.05) is 23.4 Å². The molecule has 27 heavy (non-hydrogen) atoms. The molecule has 0 aliphatic rings. The van der Waals surface area contributed by atoms with Gasteiger partial charge in [0.15, 0.2) is 0 Å². The van der Waals surface area contributed by atoms with Gasteiger partial charge in [-0.3, -0.25) is 19.7 Å². The summed E-state index contributed by atoms with van der Waals surface area (Å²) in [6, 6.07) is 13.0. The zero-order valence-electron chi connectivity index (χ0n) is 15.2. The summed E-state index contributed by atoms with van der Waals surface area (Å²) in [4.78, 5) is 28.4. The summed E-state index contributed by atoms with van der Waals surface area (Å²) in [7, 11) is 1.33. The molecule has 2 N–H and O–H groups in total. The lowest BCUT2D eigenvalue weighted by Gasteiger charge is -2.16. The molecule has 0 radical (unpaired) electrons. The second-order valence-electron chi connectivity index (χ2n) is 6.13. The number of carbonyl (C=O) groups is 1. The number of nitrogens with zero attached hydrogens (tertiary/aromatic N) is 1. The quantitative estimate of drug-likeness (QED) is 0.626. The number of benzene rings is 1. The molecule has 0 saturated carbocycles. The molecule has 0 aliphatic carbocycles. The SMILES string of the molecule is COC(=O)C[C@@H](c1cccc(OCc2ccccn2)c1)c1c(C)[nH][nH]c1=O. The lowest BCUT2D eigenvalue weighted by atomic mass is 9.88. The van der Waals surface area contributed by atoms with Crippen molar-refractivity contribution in [2.24, 2.45) is 0 Å². The molecule has 1 aromatic carbocycles. The molecule has 0 saturated heterocycles. The molecule has 2 heterocycles. The number of ether oxygens (including phenoxy) is 2. The van der Waals surface area contributed by atoms with Gasteiger partial charge in [0.2, 0.25) is 0 Å². The highest BCUT2D eigenvalue weighted by molar-refractivity contribution is 5.71. The van der Waals surface area contributed by atoms with Crippen molar-refractivity contribution < 1.29 is 14.3 Å². The van der Waals surface area contributed by atoms with Crippen molar-refractivity contribution in [3.8, 4) is 5.75 Å². The summed E-state index contributed by atoms with van der Waals surface area (Å²) in [5.74, 6) is -0.191. The summed E-state index contributed by atoms with van der Waals surface area (Å²) in [6.07, 6.45) is 1.77. The molecule has 0 unspecified atom stereocenters. The predicted molar refractivity (Wildman–Crippen MR) is 99.6 cm³/mol. The highest BCUT2D eigenvalue weighted by Gasteiger charge is 2.24. The number of pyridine rings is 1. The first-order valence-electron chi connectivity index (χ1n) is 8.55. The van der Waals surface area contributed by atoms with Crippen LogP contribution in [-0.4, -0.2) is 28.3 Å². The molecule has 0 spiro atoms. The molecule has 0 aliphatic heterocycles. The van der Waals surface area contributed by atoms with Crippen LogP contribution in [-0.2, 0) is 16.1 Å². The van der Waals surface area contributed by atoms with Gasteiger partial charge in [0.05, 0.1) is 19.2 Å². The van der Waals surface area contributed by atoms with E-state index >= 15 is 0 Å². The highest BCUT2D eigenvalue weighted by Crippen LogP contribution is 2.30. The molecule has 3 rings (SSSR count). The summed E-state index contributed by atoms with van der Waals surface area (Å²) < 4.78 is 10.6. The van der Waals surface area contributed by atoms with Crippen LogP contribution in [0.5, 0.6) is 5.75 Å². The molecule has 0 amide bonds. The number of hydrogen-bond acceptors (Lipinski definition) is 5. The van der Waals surface area contributed by atoms with Gasteiger partial charge in [-0.2, -0.15) is 0 Å². The van der Waals surface area contributed by atoms with E-state index in [1.165, 1.54) is 7.11 Å². The number of aromatic amines is 2. The van der Waals surface area contributed by atoms with Crippen molar-refractivity contribution in [2.45, 2.75) is 25.9 Å². The Labute approximate surface area is 156 Å². The van der Waals surface area contributed by atoms with Gasteiger partial charge in [-0.15, -0.1) is 0 Å². The molecule has 2 aromatic heterocycles. The van der Waals surface area contributed by atoms with E-state index in [4.69, 9.17) is 9.47 Å². The van der Waals surface area contributed by atoms with Crippen LogP contribution >= 0.6 is 0 Å². The van der Waals surface area contributed by atoms with Gasteiger partial charge in [-0.1, -0.05) is 18.2 Å². The fourth-order valence-electron chi connectivity index (χ4n) is 2.97. The monoisotopic (exact) mass is 367 g/mol. The van der Waals surface area contributed by atoms with Crippen LogP contribution in [0.25, 0.3) is 0 Å². The summed E-state index contributed by atoms with van der Waals surface area (Å²) in [5.41, 5.74) is 2.57. The number of aromatic nitrogens is 3. The topological polar surface area (TPSA) is 97.1 Å². The molecule has 140 valence electrons. The molecular formula is C20H21N3O4. The average Bonchev–Trinajstić information content (AvgIpc) is 3.03. The van der Waals surface area contributed by atoms with Crippen molar-refractivity contribution in [3.05, 3.63) is 81.5 Å². The molecule has 0 bridgehead atoms. The van der Waals surface area contributed by atoms with Crippen LogP contribution in [0.2, 0.25) is 0 Å². The van der Waals surface area contributed by atoms with Crippen molar-refractivity contribution in [3.63, 3.8) is 0 Å². The molecular weight excluding hydrogens is 346 g/mol. The number of carbonyl (C=O) groups excluding carboxylic acids is 1. The molecule has 7 heteroatoms. The highest BCUT2D eigenvalue weighted by atomic mass is 16.5. The first kappa shape index (κ1) is 18.4. The standard InChI is InChI=1S/C20H21N3O4/c1-13-19(20(25)23-22-13)17(11-18(24)26-2)14-6-5-8-16(10-14)27-12-15-7-3-4-9-21-15/h3-10,17H,11-12H2,1-2H3,(H2,22,23,25)/t17-/m0/s1. The first-order chi connectivity index (χ1) is 13.1. The van der Waals surface area contributed by atoms with Gasteiger partial charge in [-0.25, -0.2) is 0 Å². The molecule has 7 nitrogen and oxygen atoms in total. The van der Waals surface area contributed by atoms with Crippen LogP contribution in [0.15, 0.2) is 53.5 Å². The van der Waals surface area contributed by atoms with Crippen LogP contribution in [0.4, 0.5) is 0 Å². The zero-order valence-corrected chi connectivity index (χ0v) is 15.2. The largest absolute Gasteiger partial charge is 0.487 e. The number of nitrogens with one attached hydrogen (secondary N) is 2. The van der Waals surface area contributed by atoms with E-state index in [-0.39, 0.29) is 17.9 Å². The van der Waals surface area contributed by atoms with E-state index in [0.29, 0.717) is 23.6 Å². The van der Waals surface area contributed by atoms with Gasteiger partial charge >= 0.3 is 5.97 Å². The number of rotatable bonds is 7. The second-order valence-corrected chi connectivity index (χ2v) is 6.13. The van der Waals surface area contributed by atoms with Crippen LogP contribution < -0.4 is 10.3 Å².